The van der Waals surface area contributed by atoms with Crippen LogP contribution in [0.4, 0.5) is 0 Å². The van der Waals surface area contributed by atoms with Gasteiger partial charge < -0.3 is 4.90 Å². The Kier molecular flexibility index (Phi) is 4.17. The van der Waals surface area contributed by atoms with Gasteiger partial charge in [0.25, 0.3) is 0 Å². The average Bonchev–Trinajstić information content (AvgIpc) is 2.81. The van der Waals surface area contributed by atoms with Crippen molar-refractivity contribution >= 4 is 0 Å². The molecule has 0 radical (unpaired) electrons. The molecule has 2 rings (SSSR count). The summed E-state index contributed by atoms with van der Waals surface area (Å²) < 4.78 is 0. The van der Waals surface area contributed by atoms with Crippen LogP contribution in [0.1, 0.15) is 29.5 Å². The molecule has 17 heavy (non-hydrogen) atoms. The zero-order valence-electron chi connectivity index (χ0n) is 10.6. The van der Waals surface area contributed by atoms with Crippen LogP contribution in [0.5, 0.6) is 0 Å². The Morgan fingerprint density at radius 2 is 2.06 bits per heavy atom. The maximum Gasteiger partial charge on any atom is 0.0635 e. The highest BCUT2D eigenvalue weighted by Crippen LogP contribution is 2.22. The third-order valence-corrected chi connectivity index (χ3v) is 3.55. The summed E-state index contributed by atoms with van der Waals surface area (Å²) in [6.45, 7) is 1.92. The number of benzene rings is 1. The average molecular weight is 228 g/mol. The van der Waals surface area contributed by atoms with Gasteiger partial charge in [-0.05, 0) is 49.4 Å². The first-order valence-corrected chi connectivity index (χ1v) is 6.46. The Morgan fingerprint density at radius 3 is 2.88 bits per heavy atom. The summed E-state index contributed by atoms with van der Waals surface area (Å²) in [5.41, 5.74) is 4.54. The molecule has 0 fully saturated rings. The largest absolute Gasteiger partial charge is 0.305 e. The van der Waals surface area contributed by atoms with Gasteiger partial charge in [0.1, 0.15) is 0 Å². The first-order chi connectivity index (χ1) is 8.29. The minimum absolute atomic E-state index is 0.626. The van der Waals surface area contributed by atoms with E-state index in [1.807, 2.05) is 0 Å². The Hall–Kier alpha value is -1.33. The number of likely N-dealkylation sites (N-methyl/N-ethyl adjacent to an activating group) is 1. The van der Waals surface area contributed by atoms with Crippen LogP contribution in [0.25, 0.3) is 0 Å². The third-order valence-electron chi connectivity index (χ3n) is 3.55. The van der Waals surface area contributed by atoms with E-state index in [9.17, 15) is 0 Å². The van der Waals surface area contributed by atoms with Gasteiger partial charge >= 0.3 is 0 Å². The van der Waals surface area contributed by atoms with E-state index in [1.54, 1.807) is 11.1 Å². The topological polar surface area (TPSA) is 27.0 Å². The van der Waals surface area contributed by atoms with Crippen molar-refractivity contribution in [3.63, 3.8) is 0 Å². The molecule has 0 aromatic heterocycles. The molecule has 0 saturated heterocycles. The molecule has 0 amide bonds. The Labute approximate surface area is 104 Å². The highest BCUT2D eigenvalue weighted by molar-refractivity contribution is 5.35. The first kappa shape index (κ1) is 12.1. The van der Waals surface area contributed by atoms with Gasteiger partial charge in [-0.1, -0.05) is 18.2 Å². The van der Waals surface area contributed by atoms with Crippen LogP contribution in [0.15, 0.2) is 18.2 Å². The molecular formula is C15H20N2. The number of nitrogens with zero attached hydrogens (tertiary/aromatic N) is 2. The van der Waals surface area contributed by atoms with Gasteiger partial charge in [0, 0.05) is 19.5 Å². The number of rotatable bonds is 5. The lowest BCUT2D eigenvalue weighted by molar-refractivity contribution is 0.346. The predicted octanol–water partition coefficient (Wildman–Crippen LogP) is 2.56. The molecule has 90 valence electrons. The molecule has 2 heteroatoms. The van der Waals surface area contributed by atoms with Crippen molar-refractivity contribution in [2.45, 2.75) is 32.1 Å². The third kappa shape index (κ3) is 3.31. The molecule has 1 aromatic carbocycles. The van der Waals surface area contributed by atoms with E-state index in [-0.39, 0.29) is 0 Å². The molecule has 0 spiro atoms. The van der Waals surface area contributed by atoms with Crippen LogP contribution < -0.4 is 0 Å². The maximum atomic E-state index is 8.53. The summed E-state index contributed by atoms with van der Waals surface area (Å²) >= 11 is 0. The van der Waals surface area contributed by atoms with E-state index < -0.39 is 0 Å². The van der Waals surface area contributed by atoms with E-state index in [0.717, 1.165) is 19.5 Å². The van der Waals surface area contributed by atoms with Crippen LogP contribution in [-0.4, -0.2) is 25.0 Å². The van der Waals surface area contributed by atoms with Crippen LogP contribution in [-0.2, 0) is 19.3 Å². The Balaban J connectivity index is 1.85. The molecule has 1 aliphatic carbocycles. The molecule has 0 saturated carbocycles. The predicted molar refractivity (Wildman–Crippen MR) is 69.9 cm³/mol. The molecule has 1 aliphatic rings. The smallest absolute Gasteiger partial charge is 0.0635 e. The van der Waals surface area contributed by atoms with E-state index >= 15 is 0 Å². The first-order valence-electron chi connectivity index (χ1n) is 6.46. The lowest BCUT2D eigenvalue weighted by atomic mass is 10.0. The van der Waals surface area contributed by atoms with Crippen LogP contribution in [0, 0.1) is 11.3 Å². The zero-order chi connectivity index (χ0) is 12.1. The van der Waals surface area contributed by atoms with Gasteiger partial charge in [-0.2, -0.15) is 5.26 Å². The second-order valence-electron chi connectivity index (χ2n) is 4.92. The standard InChI is InChI=1S/C15H20N2/c1-17(10-3-9-16)11-8-13-6-7-14-4-2-5-15(14)12-13/h6-7,12H,2-5,8,10-11H2,1H3. The number of hydrogen-bond acceptors (Lipinski definition) is 2. The molecule has 0 atom stereocenters. The summed E-state index contributed by atoms with van der Waals surface area (Å²) in [7, 11) is 2.09. The molecule has 1 aromatic rings. The molecule has 0 aliphatic heterocycles. The molecule has 2 nitrogen and oxygen atoms in total. The molecule has 0 heterocycles. The van der Waals surface area contributed by atoms with Crippen molar-refractivity contribution in [2.75, 3.05) is 20.1 Å². The van der Waals surface area contributed by atoms with Crippen LogP contribution in [0.2, 0.25) is 0 Å². The normalized spacial score (nSPS) is 13.7. The van der Waals surface area contributed by atoms with Gasteiger partial charge in [-0.3, -0.25) is 0 Å². The van der Waals surface area contributed by atoms with Crippen molar-refractivity contribution in [1.29, 1.82) is 5.26 Å². The molecule has 0 N–H and O–H groups in total. The van der Waals surface area contributed by atoms with Crippen LogP contribution >= 0.6 is 0 Å². The number of hydrogen-bond donors (Lipinski definition) is 0. The lowest BCUT2D eigenvalue weighted by Gasteiger charge is -2.14. The number of aryl methyl sites for hydroxylation is 2. The van der Waals surface area contributed by atoms with Crippen molar-refractivity contribution in [3.05, 3.63) is 34.9 Å². The van der Waals surface area contributed by atoms with E-state index in [0.29, 0.717) is 6.42 Å². The number of fused-ring (bicyclic) bond motifs is 1. The monoisotopic (exact) mass is 228 g/mol. The fourth-order valence-corrected chi connectivity index (χ4v) is 2.45. The van der Waals surface area contributed by atoms with E-state index in [2.05, 4.69) is 36.2 Å². The summed E-state index contributed by atoms with van der Waals surface area (Å²) in [4.78, 5) is 2.23. The van der Waals surface area contributed by atoms with Gasteiger partial charge in [-0.15, -0.1) is 0 Å². The summed E-state index contributed by atoms with van der Waals surface area (Å²) in [5, 5.41) is 8.53. The van der Waals surface area contributed by atoms with Gasteiger partial charge in [0.15, 0.2) is 0 Å². The summed E-state index contributed by atoms with van der Waals surface area (Å²) in [6, 6.07) is 9.13. The minimum atomic E-state index is 0.626. The SMILES string of the molecule is CN(CCC#N)CCc1ccc2c(c1)CCC2. The maximum absolute atomic E-state index is 8.53. The zero-order valence-corrected chi connectivity index (χ0v) is 10.6. The summed E-state index contributed by atoms with van der Waals surface area (Å²) in [6.07, 6.45) is 5.56. The van der Waals surface area contributed by atoms with Gasteiger partial charge in [-0.25, -0.2) is 0 Å². The lowest BCUT2D eigenvalue weighted by Crippen LogP contribution is -2.22. The quantitative estimate of drug-likeness (QED) is 0.774. The van der Waals surface area contributed by atoms with Crippen molar-refractivity contribution in [1.82, 2.24) is 4.90 Å². The van der Waals surface area contributed by atoms with Crippen LogP contribution in [0.3, 0.4) is 0 Å². The molecular weight excluding hydrogens is 208 g/mol. The molecule has 0 bridgehead atoms. The van der Waals surface area contributed by atoms with E-state index in [4.69, 9.17) is 5.26 Å². The van der Waals surface area contributed by atoms with Gasteiger partial charge in [0.05, 0.1) is 6.07 Å². The highest BCUT2D eigenvalue weighted by Gasteiger charge is 2.10. The highest BCUT2D eigenvalue weighted by atomic mass is 15.1. The Bertz CT molecular complexity index is 417. The fraction of sp³-hybridized carbons (Fsp3) is 0.533. The van der Waals surface area contributed by atoms with Crippen molar-refractivity contribution < 1.29 is 0 Å². The minimum Gasteiger partial charge on any atom is -0.305 e. The van der Waals surface area contributed by atoms with Crippen molar-refractivity contribution in [2.24, 2.45) is 0 Å². The summed E-state index contributed by atoms with van der Waals surface area (Å²) in [5.74, 6) is 0. The number of nitriles is 1. The fourth-order valence-electron chi connectivity index (χ4n) is 2.45. The van der Waals surface area contributed by atoms with Gasteiger partial charge in [0.2, 0.25) is 0 Å². The second kappa shape index (κ2) is 5.84. The van der Waals surface area contributed by atoms with Crippen molar-refractivity contribution in [3.8, 4) is 6.07 Å². The molecule has 0 unspecified atom stereocenters. The Morgan fingerprint density at radius 1 is 1.24 bits per heavy atom. The second-order valence-corrected chi connectivity index (χ2v) is 4.92. The van der Waals surface area contributed by atoms with E-state index in [1.165, 1.54) is 24.8 Å².